The molecular formula is C21H25F2N3O2. The zero-order valence-corrected chi connectivity index (χ0v) is 15.8. The lowest BCUT2D eigenvalue weighted by Gasteiger charge is -2.31. The number of morpholine rings is 1. The number of carbonyl (C=O) groups excluding carboxylic acids is 1. The van der Waals surface area contributed by atoms with Gasteiger partial charge in [0.05, 0.1) is 12.7 Å². The number of ether oxygens (including phenoxy) is 1. The van der Waals surface area contributed by atoms with Gasteiger partial charge < -0.3 is 15.4 Å². The summed E-state index contributed by atoms with van der Waals surface area (Å²) in [5.41, 5.74) is 2.38. The van der Waals surface area contributed by atoms with E-state index in [1.165, 1.54) is 23.8 Å². The number of amides is 2. The molecule has 1 fully saturated rings. The molecule has 1 heterocycles. The number of nitrogens with one attached hydrogen (secondary N) is 2. The van der Waals surface area contributed by atoms with E-state index < -0.39 is 12.5 Å². The molecule has 1 unspecified atom stereocenters. The number of hydrogen-bond acceptors (Lipinski definition) is 3. The minimum Gasteiger partial charge on any atom is -0.376 e. The molecule has 0 aliphatic carbocycles. The number of benzene rings is 2. The Balaban J connectivity index is 1.51. The Hall–Kier alpha value is -2.51. The normalized spacial score (nSPS) is 17.5. The van der Waals surface area contributed by atoms with Gasteiger partial charge in [-0.05, 0) is 30.2 Å². The van der Waals surface area contributed by atoms with Gasteiger partial charge in [0.15, 0.2) is 0 Å². The molecule has 0 radical (unpaired) electrons. The Morgan fingerprint density at radius 3 is 2.79 bits per heavy atom. The highest BCUT2D eigenvalue weighted by Gasteiger charge is 2.16. The maximum Gasteiger partial charge on any atom is 0.319 e. The molecule has 2 N–H and O–H groups in total. The van der Waals surface area contributed by atoms with Crippen molar-refractivity contribution in [3.63, 3.8) is 0 Å². The van der Waals surface area contributed by atoms with E-state index in [4.69, 9.17) is 4.74 Å². The van der Waals surface area contributed by atoms with Crippen LogP contribution in [0.3, 0.4) is 0 Å². The summed E-state index contributed by atoms with van der Waals surface area (Å²) in [6.07, 6.45) is -2.33. The van der Waals surface area contributed by atoms with Gasteiger partial charge in [-0.2, -0.15) is 0 Å². The summed E-state index contributed by atoms with van der Waals surface area (Å²) in [5.74, 6) is 0. The van der Waals surface area contributed by atoms with Crippen molar-refractivity contribution in [2.45, 2.75) is 32.5 Å². The molecule has 0 bridgehead atoms. The average molecular weight is 389 g/mol. The number of hydrogen-bond donors (Lipinski definition) is 2. The highest BCUT2D eigenvalue weighted by atomic mass is 19.3. The van der Waals surface area contributed by atoms with Crippen LogP contribution >= 0.6 is 0 Å². The molecule has 7 heteroatoms. The van der Waals surface area contributed by atoms with Crippen molar-refractivity contribution in [3.05, 3.63) is 65.2 Å². The average Bonchev–Trinajstić information content (AvgIpc) is 2.67. The molecule has 2 amide bonds. The van der Waals surface area contributed by atoms with Crippen LogP contribution in [0.2, 0.25) is 0 Å². The van der Waals surface area contributed by atoms with Gasteiger partial charge in [0.1, 0.15) is 0 Å². The second kappa shape index (κ2) is 9.61. The van der Waals surface area contributed by atoms with Crippen LogP contribution in [0.15, 0.2) is 48.5 Å². The van der Waals surface area contributed by atoms with Gasteiger partial charge in [0.25, 0.3) is 6.43 Å². The first kappa shape index (κ1) is 20.2. The fourth-order valence-electron chi connectivity index (χ4n) is 3.24. The van der Waals surface area contributed by atoms with E-state index in [9.17, 15) is 13.6 Å². The second-order valence-electron chi connectivity index (χ2n) is 6.97. The quantitative estimate of drug-likeness (QED) is 0.780. The Morgan fingerprint density at radius 1 is 1.21 bits per heavy atom. The van der Waals surface area contributed by atoms with Crippen molar-refractivity contribution in [1.29, 1.82) is 0 Å². The monoisotopic (exact) mass is 389 g/mol. The van der Waals surface area contributed by atoms with Crippen molar-refractivity contribution in [2.24, 2.45) is 0 Å². The van der Waals surface area contributed by atoms with Crippen LogP contribution in [0.25, 0.3) is 0 Å². The molecule has 0 spiro atoms. The molecule has 2 aromatic carbocycles. The molecule has 0 saturated carbocycles. The van der Waals surface area contributed by atoms with Gasteiger partial charge in [0, 0.05) is 37.4 Å². The van der Waals surface area contributed by atoms with Gasteiger partial charge in [-0.3, -0.25) is 4.90 Å². The third kappa shape index (κ3) is 6.00. The van der Waals surface area contributed by atoms with Crippen LogP contribution in [0.1, 0.15) is 30.0 Å². The van der Waals surface area contributed by atoms with E-state index >= 15 is 0 Å². The molecule has 1 aliphatic rings. The summed E-state index contributed by atoms with van der Waals surface area (Å²) in [4.78, 5) is 14.4. The van der Waals surface area contributed by atoms with Crippen LogP contribution in [0, 0.1) is 0 Å². The minimum atomic E-state index is -2.57. The molecule has 0 aromatic heterocycles. The zero-order chi connectivity index (χ0) is 19.9. The number of rotatable bonds is 6. The smallest absolute Gasteiger partial charge is 0.319 e. The van der Waals surface area contributed by atoms with E-state index in [0.29, 0.717) is 12.2 Å². The maximum absolute atomic E-state index is 12.7. The number of urea groups is 1. The van der Waals surface area contributed by atoms with Gasteiger partial charge in [-0.1, -0.05) is 36.4 Å². The lowest BCUT2D eigenvalue weighted by Crippen LogP contribution is -2.40. The van der Waals surface area contributed by atoms with Crippen molar-refractivity contribution in [1.82, 2.24) is 10.2 Å². The van der Waals surface area contributed by atoms with E-state index in [1.54, 1.807) is 6.07 Å². The summed E-state index contributed by atoms with van der Waals surface area (Å²) in [6.45, 7) is 5.83. The van der Waals surface area contributed by atoms with Crippen LogP contribution in [0.4, 0.5) is 19.3 Å². The van der Waals surface area contributed by atoms with Crippen molar-refractivity contribution in [2.75, 3.05) is 25.0 Å². The molecule has 1 aliphatic heterocycles. The minimum absolute atomic E-state index is 0.122. The van der Waals surface area contributed by atoms with E-state index in [1.807, 2.05) is 12.1 Å². The number of halogens is 2. The topological polar surface area (TPSA) is 53.6 Å². The predicted octanol–water partition coefficient (Wildman–Crippen LogP) is 4.17. The summed E-state index contributed by atoms with van der Waals surface area (Å²) < 4.78 is 31.1. The Labute approximate surface area is 163 Å². The summed E-state index contributed by atoms with van der Waals surface area (Å²) >= 11 is 0. The van der Waals surface area contributed by atoms with Gasteiger partial charge in [-0.25, -0.2) is 13.6 Å². The number of anilines is 1. The van der Waals surface area contributed by atoms with Crippen LogP contribution in [0.5, 0.6) is 0 Å². The fourth-order valence-corrected chi connectivity index (χ4v) is 3.24. The molecular weight excluding hydrogens is 364 g/mol. The number of nitrogens with zero attached hydrogens (tertiary/aromatic N) is 1. The first-order valence-electron chi connectivity index (χ1n) is 9.34. The lowest BCUT2D eigenvalue weighted by molar-refractivity contribution is -0.0212. The molecule has 1 saturated heterocycles. The third-order valence-corrected chi connectivity index (χ3v) is 4.57. The third-order valence-electron chi connectivity index (χ3n) is 4.57. The maximum atomic E-state index is 12.7. The first-order chi connectivity index (χ1) is 13.5. The van der Waals surface area contributed by atoms with Crippen LogP contribution in [-0.4, -0.2) is 36.7 Å². The first-order valence-corrected chi connectivity index (χ1v) is 9.34. The predicted molar refractivity (Wildman–Crippen MR) is 104 cm³/mol. The van der Waals surface area contributed by atoms with Gasteiger partial charge in [-0.15, -0.1) is 0 Å². The zero-order valence-electron chi connectivity index (χ0n) is 15.8. The van der Waals surface area contributed by atoms with Crippen molar-refractivity contribution >= 4 is 11.7 Å². The van der Waals surface area contributed by atoms with E-state index in [2.05, 4.69) is 34.6 Å². The largest absolute Gasteiger partial charge is 0.376 e. The van der Waals surface area contributed by atoms with Crippen molar-refractivity contribution < 1.29 is 18.3 Å². The SMILES string of the molecule is CC1CN(Cc2cccc(CNC(=O)Nc3cccc(C(F)F)c3)c2)CCO1. The lowest BCUT2D eigenvalue weighted by atomic mass is 10.1. The second-order valence-corrected chi connectivity index (χ2v) is 6.97. The standard InChI is InChI=1S/C21H25F2N3O2/c1-15-13-26(8-9-28-15)14-17-5-2-4-16(10-17)12-24-21(27)25-19-7-3-6-18(11-19)20(22)23/h2-7,10-11,15,20H,8-9,12-14H2,1H3,(H2,24,25,27). The van der Waals surface area contributed by atoms with E-state index in [-0.39, 0.29) is 11.7 Å². The summed E-state index contributed by atoms with van der Waals surface area (Å²) in [7, 11) is 0. The van der Waals surface area contributed by atoms with Gasteiger partial charge in [0.2, 0.25) is 0 Å². The number of carbonyl (C=O) groups is 1. The number of alkyl halides is 2. The molecule has 3 rings (SSSR count). The molecule has 150 valence electrons. The fraction of sp³-hybridized carbons (Fsp3) is 0.381. The highest BCUT2D eigenvalue weighted by molar-refractivity contribution is 5.89. The van der Waals surface area contributed by atoms with Crippen LogP contribution in [-0.2, 0) is 17.8 Å². The summed E-state index contributed by atoms with van der Waals surface area (Å²) in [6, 6.07) is 13.3. The Morgan fingerprint density at radius 2 is 2.00 bits per heavy atom. The van der Waals surface area contributed by atoms with Crippen molar-refractivity contribution in [3.8, 4) is 0 Å². The Bertz CT molecular complexity index is 801. The van der Waals surface area contributed by atoms with Gasteiger partial charge >= 0.3 is 6.03 Å². The molecule has 5 nitrogen and oxygen atoms in total. The molecule has 28 heavy (non-hydrogen) atoms. The summed E-state index contributed by atoms with van der Waals surface area (Å²) in [5, 5.41) is 5.35. The molecule has 1 atom stereocenters. The van der Waals surface area contributed by atoms with Crippen LogP contribution < -0.4 is 10.6 Å². The highest BCUT2D eigenvalue weighted by Crippen LogP contribution is 2.21. The Kier molecular flexibility index (Phi) is 6.95. The molecule has 2 aromatic rings. The van der Waals surface area contributed by atoms with E-state index in [0.717, 1.165) is 31.8 Å².